The number of hydrogen-bond acceptors (Lipinski definition) is 6. The highest BCUT2D eigenvalue weighted by molar-refractivity contribution is 7.99. The Kier molecular flexibility index (Phi) is 4.03. The van der Waals surface area contributed by atoms with Crippen LogP contribution in [0, 0.1) is 0 Å². The van der Waals surface area contributed by atoms with Gasteiger partial charge in [0, 0.05) is 11.8 Å². The molecule has 1 saturated heterocycles. The lowest BCUT2D eigenvalue weighted by Gasteiger charge is -2.33. The van der Waals surface area contributed by atoms with Crippen molar-refractivity contribution in [2.24, 2.45) is 0 Å². The van der Waals surface area contributed by atoms with Crippen molar-refractivity contribution in [3.05, 3.63) is 6.07 Å². The Bertz CT molecular complexity index is 456. The van der Waals surface area contributed by atoms with Crippen LogP contribution in [0.25, 0.3) is 0 Å². The molecular weight excluding hydrogens is 272 g/mol. The molecule has 0 radical (unpaired) electrons. The van der Waals surface area contributed by atoms with Gasteiger partial charge in [-0.25, -0.2) is 9.97 Å². The molecule has 110 valence electrons. The fourth-order valence-electron chi connectivity index (χ4n) is 3.27. The molecule has 1 aromatic rings. The molecule has 1 saturated carbocycles. The molecule has 0 aromatic carbocycles. The van der Waals surface area contributed by atoms with Gasteiger partial charge >= 0.3 is 0 Å². The van der Waals surface area contributed by atoms with Crippen LogP contribution in [0.15, 0.2) is 11.2 Å². The average Bonchev–Trinajstić information content (AvgIpc) is 2.79. The summed E-state index contributed by atoms with van der Waals surface area (Å²) in [6.07, 6.45) is 9.11. The van der Waals surface area contributed by atoms with E-state index >= 15 is 0 Å². The maximum Gasteiger partial charge on any atom is 0.191 e. The Labute approximate surface area is 123 Å². The van der Waals surface area contributed by atoms with E-state index in [4.69, 9.17) is 16.2 Å². The van der Waals surface area contributed by atoms with Gasteiger partial charge in [-0.2, -0.15) is 0 Å². The number of nitrogens with zero attached hydrogens (tertiary/aromatic N) is 2. The summed E-state index contributed by atoms with van der Waals surface area (Å²) in [6, 6.07) is 1.58. The number of hydrogen-bond donors (Lipinski definition) is 2. The maximum atomic E-state index is 6.33. The molecule has 6 heteroatoms. The number of nitrogen functional groups attached to an aromatic ring is 2. The van der Waals surface area contributed by atoms with Crippen molar-refractivity contribution in [1.29, 1.82) is 0 Å². The van der Waals surface area contributed by atoms with Crippen LogP contribution >= 0.6 is 11.8 Å². The predicted molar refractivity (Wildman–Crippen MR) is 81.5 cm³/mol. The fourth-order valence-corrected chi connectivity index (χ4v) is 4.18. The van der Waals surface area contributed by atoms with Gasteiger partial charge in [0.05, 0.1) is 11.7 Å². The van der Waals surface area contributed by atoms with Gasteiger partial charge < -0.3 is 16.2 Å². The third kappa shape index (κ3) is 3.17. The first-order valence-electron chi connectivity index (χ1n) is 7.36. The zero-order valence-electron chi connectivity index (χ0n) is 11.7. The highest BCUT2D eigenvalue weighted by Crippen LogP contribution is 2.42. The summed E-state index contributed by atoms with van der Waals surface area (Å²) < 4.78 is 6.33. The minimum atomic E-state index is 0.180. The quantitative estimate of drug-likeness (QED) is 0.658. The van der Waals surface area contributed by atoms with Crippen LogP contribution in [0.4, 0.5) is 11.6 Å². The second-order valence-electron chi connectivity index (χ2n) is 5.83. The summed E-state index contributed by atoms with van der Waals surface area (Å²) in [4.78, 5) is 8.39. The van der Waals surface area contributed by atoms with Crippen LogP contribution in [0.1, 0.15) is 44.9 Å². The van der Waals surface area contributed by atoms with Crippen LogP contribution in [0.5, 0.6) is 0 Å². The Morgan fingerprint density at radius 1 is 1.15 bits per heavy atom. The van der Waals surface area contributed by atoms with E-state index in [1.54, 1.807) is 17.8 Å². The fraction of sp³-hybridized carbons (Fsp3) is 0.714. The van der Waals surface area contributed by atoms with E-state index in [0.29, 0.717) is 22.9 Å². The van der Waals surface area contributed by atoms with E-state index in [-0.39, 0.29) is 5.60 Å². The number of nitrogens with two attached hydrogens (primary N) is 2. The molecule has 0 bridgehead atoms. The van der Waals surface area contributed by atoms with Gasteiger partial charge in [-0.3, -0.25) is 0 Å². The van der Waals surface area contributed by atoms with Crippen molar-refractivity contribution in [1.82, 2.24) is 9.97 Å². The van der Waals surface area contributed by atoms with E-state index in [9.17, 15) is 0 Å². The average molecular weight is 294 g/mol. The summed E-state index contributed by atoms with van der Waals surface area (Å²) in [5.41, 5.74) is 11.5. The minimum absolute atomic E-state index is 0.180. The Morgan fingerprint density at radius 3 is 2.55 bits per heavy atom. The van der Waals surface area contributed by atoms with E-state index in [2.05, 4.69) is 9.97 Å². The highest BCUT2D eigenvalue weighted by Gasteiger charge is 2.40. The number of thioether (sulfide) groups is 1. The van der Waals surface area contributed by atoms with Crippen LogP contribution in [0.3, 0.4) is 0 Å². The van der Waals surface area contributed by atoms with Crippen molar-refractivity contribution in [2.75, 3.05) is 17.2 Å². The van der Waals surface area contributed by atoms with E-state index in [0.717, 1.165) is 12.2 Å². The summed E-state index contributed by atoms with van der Waals surface area (Å²) >= 11 is 1.59. The molecule has 20 heavy (non-hydrogen) atoms. The summed E-state index contributed by atoms with van der Waals surface area (Å²) in [6.45, 7) is 0. The Balaban J connectivity index is 1.54. The van der Waals surface area contributed by atoms with E-state index in [1.807, 2.05) is 0 Å². The molecule has 1 unspecified atom stereocenters. The molecule has 1 spiro atoms. The molecule has 2 heterocycles. The number of ether oxygens (including phenoxy) is 1. The van der Waals surface area contributed by atoms with Gasteiger partial charge in [-0.05, 0) is 25.7 Å². The molecule has 5 nitrogen and oxygen atoms in total. The van der Waals surface area contributed by atoms with Gasteiger partial charge in [0.1, 0.15) is 11.6 Å². The third-order valence-electron chi connectivity index (χ3n) is 4.25. The Morgan fingerprint density at radius 2 is 1.85 bits per heavy atom. The molecule has 1 atom stereocenters. The first-order valence-corrected chi connectivity index (χ1v) is 8.34. The van der Waals surface area contributed by atoms with E-state index in [1.165, 1.54) is 38.5 Å². The molecule has 4 N–H and O–H groups in total. The van der Waals surface area contributed by atoms with Crippen molar-refractivity contribution in [2.45, 2.75) is 61.8 Å². The van der Waals surface area contributed by atoms with Crippen LogP contribution in [0.2, 0.25) is 0 Å². The Hall–Kier alpha value is -1.01. The van der Waals surface area contributed by atoms with E-state index < -0.39 is 0 Å². The molecule has 2 aliphatic rings. The first kappa shape index (κ1) is 13.9. The lowest BCUT2D eigenvalue weighted by Crippen LogP contribution is -2.32. The number of anilines is 2. The molecule has 0 amide bonds. The zero-order chi connectivity index (χ0) is 14.0. The standard InChI is InChI=1S/C14H22N4OS/c15-11-8-12(16)18-13(17-11)20-9-10-4-7-14(19-10)5-2-1-3-6-14/h8,10H,1-7,9H2,(H4,15,16,17,18). The zero-order valence-corrected chi connectivity index (χ0v) is 12.5. The summed E-state index contributed by atoms with van der Waals surface area (Å²) in [5.74, 6) is 1.73. The number of rotatable bonds is 3. The van der Waals surface area contributed by atoms with Crippen molar-refractivity contribution in [3.8, 4) is 0 Å². The van der Waals surface area contributed by atoms with Gasteiger partial charge in [-0.15, -0.1) is 0 Å². The lowest BCUT2D eigenvalue weighted by molar-refractivity contribution is -0.0555. The molecule has 1 aliphatic carbocycles. The van der Waals surface area contributed by atoms with Crippen LogP contribution in [-0.4, -0.2) is 27.4 Å². The van der Waals surface area contributed by atoms with Gasteiger partial charge in [-0.1, -0.05) is 31.0 Å². The smallest absolute Gasteiger partial charge is 0.191 e. The lowest BCUT2D eigenvalue weighted by atomic mass is 9.83. The minimum Gasteiger partial charge on any atom is -0.383 e. The summed E-state index contributed by atoms with van der Waals surface area (Å²) in [5, 5.41) is 0.649. The summed E-state index contributed by atoms with van der Waals surface area (Å²) in [7, 11) is 0. The molecule has 2 fully saturated rings. The maximum absolute atomic E-state index is 6.33. The second kappa shape index (κ2) is 5.77. The molecule has 3 rings (SSSR count). The van der Waals surface area contributed by atoms with Crippen molar-refractivity contribution in [3.63, 3.8) is 0 Å². The van der Waals surface area contributed by atoms with Crippen LogP contribution in [-0.2, 0) is 4.74 Å². The first-order chi connectivity index (χ1) is 9.65. The molecule has 1 aromatic heterocycles. The number of aromatic nitrogens is 2. The molecule has 1 aliphatic heterocycles. The normalized spacial score (nSPS) is 25.1. The topological polar surface area (TPSA) is 87.1 Å². The highest BCUT2D eigenvalue weighted by atomic mass is 32.2. The predicted octanol–water partition coefficient (Wildman–Crippen LogP) is 2.62. The van der Waals surface area contributed by atoms with Gasteiger partial charge in [0.15, 0.2) is 5.16 Å². The van der Waals surface area contributed by atoms with Crippen molar-refractivity contribution < 1.29 is 4.74 Å². The monoisotopic (exact) mass is 294 g/mol. The second-order valence-corrected chi connectivity index (χ2v) is 6.82. The van der Waals surface area contributed by atoms with Gasteiger partial charge in [0.25, 0.3) is 0 Å². The van der Waals surface area contributed by atoms with Gasteiger partial charge in [0.2, 0.25) is 0 Å². The SMILES string of the molecule is Nc1cc(N)nc(SCC2CCC3(CCCCC3)O2)n1. The third-order valence-corrected chi connectivity index (χ3v) is 5.23. The van der Waals surface area contributed by atoms with Crippen LogP contribution < -0.4 is 11.5 Å². The molecular formula is C14H22N4OS. The van der Waals surface area contributed by atoms with Crippen molar-refractivity contribution >= 4 is 23.4 Å². The largest absolute Gasteiger partial charge is 0.383 e.